The summed E-state index contributed by atoms with van der Waals surface area (Å²) in [7, 11) is 1.04. The number of carbonyl (C=O) groups excluding carboxylic acids is 1. The van der Waals surface area contributed by atoms with Crippen molar-refractivity contribution in [2.45, 2.75) is 71.7 Å². The van der Waals surface area contributed by atoms with Gasteiger partial charge in [-0.05, 0) is 31.2 Å². The molecule has 18 heavy (non-hydrogen) atoms. The fourth-order valence-electron chi connectivity index (χ4n) is 2.10. The van der Waals surface area contributed by atoms with Crippen LogP contribution in [0, 0.1) is 5.92 Å². The van der Waals surface area contributed by atoms with Crippen LogP contribution in [-0.2, 0) is 9.53 Å². The van der Waals surface area contributed by atoms with E-state index in [1.54, 1.807) is 0 Å². The number of rotatable bonds is 6. The van der Waals surface area contributed by atoms with Crippen LogP contribution in [0.1, 0.15) is 54.9 Å². The van der Waals surface area contributed by atoms with E-state index in [2.05, 4.69) is 53.6 Å². The van der Waals surface area contributed by atoms with E-state index in [1.165, 1.54) is 7.11 Å². The van der Waals surface area contributed by atoms with Crippen LogP contribution in [-0.4, -0.2) is 29.9 Å². The summed E-state index contributed by atoms with van der Waals surface area (Å²) in [6.45, 7) is 15.4. The maximum Gasteiger partial charge on any atom is 0.323 e. The lowest BCUT2D eigenvalue weighted by Crippen LogP contribution is -2.40. The van der Waals surface area contributed by atoms with Crippen molar-refractivity contribution in [2.75, 3.05) is 7.11 Å². The molecule has 0 saturated heterocycles. The van der Waals surface area contributed by atoms with Crippen LogP contribution in [0.15, 0.2) is 0 Å². The van der Waals surface area contributed by atoms with E-state index in [9.17, 15) is 4.79 Å². The van der Waals surface area contributed by atoms with Gasteiger partial charge in [0.05, 0.1) is 7.11 Å². The molecule has 0 aromatic rings. The molecule has 0 aliphatic heterocycles. The first-order chi connectivity index (χ1) is 8.09. The van der Waals surface area contributed by atoms with Crippen molar-refractivity contribution in [3.05, 3.63) is 0 Å². The van der Waals surface area contributed by atoms with Crippen molar-refractivity contribution in [2.24, 2.45) is 5.92 Å². The summed E-state index contributed by atoms with van der Waals surface area (Å²) in [4.78, 5) is 11.9. The van der Waals surface area contributed by atoms with Gasteiger partial charge in [-0.2, -0.15) is 0 Å². The van der Waals surface area contributed by atoms with Gasteiger partial charge in [0.2, 0.25) is 0 Å². The van der Waals surface area contributed by atoms with Crippen LogP contribution in [0.25, 0.3) is 0 Å². The first-order valence-corrected chi connectivity index (χ1v) is 8.14. The van der Waals surface area contributed by atoms with E-state index in [4.69, 9.17) is 4.74 Å². The van der Waals surface area contributed by atoms with E-state index in [-0.39, 0.29) is 17.2 Å². The molecule has 0 amide bonds. The largest absolute Gasteiger partial charge is 0.468 e. The van der Waals surface area contributed by atoms with Crippen LogP contribution >= 0.6 is 8.07 Å². The minimum atomic E-state index is -0.420. The molecule has 0 radical (unpaired) electrons. The minimum absolute atomic E-state index is 0.138. The van der Waals surface area contributed by atoms with Crippen LogP contribution in [0.3, 0.4) is 0 Å². The van der Waals surface area contributed by atoms with Gasteiger partial charge in [0.1, 0.15) is 6.04 Å². The zero-order valence-electron chi connectivity index (χ0n) is 13.2. The highest BCUT2D eigenvalue weighted by Crippen LogP contribution is 2.50. The van der Waals surface area contributed by atoms with E-state index >= 15 is 0 Å². The fourth-order valence-corrected chi connectivity index (χ4v) is 4.88. The maximum atomic E-state index is 11.9. The lowest BCUT2D eigenvalue weighted by Gasteiger charge is -2.37. The monoisotopic (exact) mass is 275 g/mol. The molecule has 0 aromatic carbocycles. The Morgan fingerprint density at radius 1 is 1.22 bits per heavy atom. The second-order valence-corrected chi connectivity index (χ2v) is 9.84. The summed E-state index contributed by atoms with van der Waals surface area (Å²) < 4.78 is 4.92. The molecule has 2 unspecified atom stereocenters. The third-order valence-corrected chi connectivity index (χ3v) is 5.79. The van der Waals surface area contributed by atoms with Crippen LogP contribution in [0.5, 0.6) is 0 Å². The molecule has 4 heteroatoms. The number of ether oxygens (including phenoxy) is 1. The molecular weight excluding hydrogens is 245 g/mol. The number of hydrogen-bond donors (Lipinski definition) is 1. The summed E-state index contributed by atoms with van der Waals surface area (Å²) in [6.07, 6.45) is 0.828. The second-order valence-electron chi connectivity index (χ2n) is 6.47. The SMILES string of the molecule is COC(=O)C(CC(C)C)NP(C(C)C)C(C)(C)C. The van der Waals surface area contributed by atoms with Gasteiger partial charge in [-0.3, -0.25) is 9.88 Å². The summed E-state index contributed by atoms with van der Waals surface area (Å²) in [5.41, 5.74) is 0.541. The maximum absolute atomic E-state index is 11.9. The Hall–Kier alpha value is -0.140. The predicted molar refractivity (Wildman–Crippen MR) is 80.2 cm³/mol. The average molecular weight is 275 g/mol. The normalized spacial score (nSPS) is 15.9. The molecule has 108 valence electrons. The molecule has 0 saturated carbocycles. The Balaban J connectivity index is 4.86. The summed E-state index contributed by atoms with van der Waals surface area (Å²) in [5.74, 6) is 0.340. The zero-order chi connectivity index (χ0) is 14.5. The van der Waals surface area contributed by atoms with Gasteiger partial charge in [-0.25, -0.2) is 0 Å². The van der Waals surface area contributed by atoms with Gasteiger partial charge in [0.15, 0.2) is 0 Å². The Labute approximate surface area is 114 Å². The van der Waals surface area contributed by atoms with Crippen molar-refractivity contribution in [1.29, 1.82) is 0 Å². The highest BCUT2D eigenvalue weighted by Gasteiger charge is 2.32. The minimum Gasteiger partial charge on any atom is -0.468 e. The van der Waals surface area contributed by atoms with Gasteiger partial charge >= 0.3 is 5.97 Å². The third-order valence-electron chi connectivity index (χ3n) is 2.73. The Kier molecular flexibility index (Phi) is 7.39. The number of carbonyl (C=O) groups is 1. The van der Waals surface area contributed by atoms with Crippen LogP contribution in [0.4, 0.5) is 0 Å². The van der Waals surface area contributed by atoms with Crippen molar-refractivity contribution >= 4 is 14.0 Å². The van der Waals surface area contributed by atoms with Gasteiger partial charge < -0.3 is 4.74 Å². The average Bonchev–Trinajstić information content (AvgIpc) is 2.19. The third kappa shape index (κ3) is 6.15. The quantitative estimate of drug-likeness (QED) is 0.592. The summed E-state index contributed by atoms with van der Waals surface area (Å²) in [6, 6.07) is -0.178. The molecule has 0 heterocycles. The molecule has 0 fully saturated rings. The standard InChI is InChI=1S/C14H30NO2P/c1-10(2)9-12(13(16)17-8)15-18(11(3)4)14(5,6)7/h10-12,15H,9H2,1-8H3. The Morgan fingerprint density at radius 2 is 1.72 bits per heavy atom. The van der Waals surface area contributed by atoms with Crippen LogP contribution in [0.2, 0.25) is 0 Å². The Bertz CT molecular complexity index is 259. The lowest BCUT2D eigenvalue weighted by molar-refractivity contribution is -0.143. The number of esters is 1. The molecule has 0 aliphatic rings. The van der Waals surface area contributed by atoms with Crippen molar-refractivity contribution < 1.29 is 9.53 Å². The molecule has 3 nitrogen and oxygen atoms in total. The molecule has 2 atom stereocenters. The summed E-state index contributed by atoms with van der Waals surface area (Å²) in [5, 5.41) is 3.75. The molecule has 0 bridgehead atoms. The topological polar surface area (TPSA) is 38.3 Å². The highest BCUT2D eigenvalue weighted by atomic mass is 31.1. The highest BCUT2D eigenvalue weighted by molar-refractivity contribution is 7.57. The van der Waals surface area contributed by atoms with Crippen LogP contribution < -0.4 is 5.09 Å². The van der Waals surface area contributed by atoms with Crippen molar-refractivity contribution in [3.63, 3.8) is 0 Å². The van der Waals surface area contributed by atoms with E-state index in [0.29, 0.717) is 11.6 Å². The van der Waals surface area contributed by atoms with Crippen molar-refractivity contribution in [3.8, 4) is 0 Å². The summed E-state index contributed by atoms with van der Waals surface area (Å²) >= 11 is 0. The number of hydrogen-bond acceptors (Lipinski definition) is 3. The smallest absolute Gasteiger partial charge is 0.323 e. The second kappa shape index (κ2) is 7.45. The Morgan fingerprint density at radius 3 is 2.00 bits per heavy atom. The van der Waals surface area contributed by atoms with E-state index in [1.807, 2.05) is 0 Å². The van der Waals surface area contributed by atoms with Gasteiger partial charge in [-0.15, -0.1) is 0 Å². The molecule has 0 aromatic heterocycles. The molecule has 1 N–H and O–H groups in total. The van der Waals surface area contributed by atoms with Gasteiger partial charge in [0.25, 0.3) is 0 Å². The number of methoxy groups -OCH3 is 1. The van der Waals surface area contributed by atoms with E-state index in [0.717, 1.165) is 6.42 Å². The molecule has 0 spiro atoms. The fraction of sp³-hybridized carbons (Fsp3) is 0.929. The lowest BCUT2D eigenvalue weighted by atomic mass is 10.1. The number of nitrogens with one attached hydrogen (secondary N) is 1. The molecule has 0 rings (SSSR count). The molecule has 0 aliphatic carbocycles. The van der Waals surface area contributed by atoms with E-state index < -0.39 is 8.07 Å². The van der Waals surface area contributed by atoms with Gasteiger partial charge in [0, 0.05) is 0 Å². The molecular formula is C14H30NO2P. The first kappa shape index (κ1) is 17.9. The predicted octanol–water partition coefficient (Wildman–Crippen LogP) is 3.77. The zero-order valence-corrected chi connectivity index (χ0v) is 14.1. The van der Waals surface area contributed by atoms with Gasteiger partial charge in [-0.1, -0.05) is 48.5 Å². The first-order valence-electron chi connectivity index (χ1n) is 6.73. The van der Waals surface area contributed by atoms with Crippen molar-refractivity contribution in [1.82, 2.24) is 5.09 Å².